The fourth-order valence-corrected chi connectivity index (χ4v) is 3.25. The standard InChI is InChI=1S/C19H21BrN2O/c1-14-3-4-15(2)18(13-14)21-9-11-22(12-10-21)19(23)16-5-7-17(20)8-6-16/h3-8,13H,9-12H2,1-2H3. The van der Waals surface area contributed by atoms with Gasteiger partial charge in [0.1, 0.15) is 0 Å². The number of aryl methyl sites for hydroxylation is 2. The number of nitrogens with zero attached hydrogens (tertiary/aromatic N) is 2. The van der Waals surface area contributed by atoms with E-state index >= 15 is 0 Å². The second kappa shape index (κ2) is 6.75. The maximum Gasteiger partial charge on any atom is 0.253 e. The normalized spacial score (nSPS) is 14.9. The Balaban J connectivity index is 1.67. The van der Waals surface area contributed by atoms with Gasteiger partial charge in [-0.15, -0.1) is 0 Å². The van der Waals surface area contributed by atoms with E-state index in [1.807, 2.05) is 29.2 Å². The Morgan fingerprint density at radius 2 is 1.61 bits per heavy atom. The van der Waals surface area contributed by atoms with Crippen molar-refractivity contribution in [1.29, 1.82) is 0 Å². The second-order valence-corrected chi connectivity index (χ2v) is 6.99. The van der Waals surface area contributed by atoms with Crippen molar-refractivity contribution in [3.8, 4) is 0 Å². The highest BCUT2D eigenvalue weighted by molar-refractivity contribution is 9.10. The monoisotopic (exact) mass is 372 g/mol. The average Bonchev–Trinajstić information content (AvgIpc) is 2.57. The predicted molar refractivity (Wildman–Crippen MR) is 98.2 cm³/mol. The van der Waals surface area contributed by atoms with E-state index in [1.54, 1.807) is 0 Å². The fourth-order valence-electron chi connectivity index (χ4n) is 2.99. The molecule has 0 spiro atoms. The van der Waals surface area contributed by atoms with Crippen LogP contribution in [0.15, 0.2) is 46.9 Å². The van der Waals surface area contributed by atoms with Gasteiger partial charge in [-0.1, -0.05) is 28.1 Å². The molecule has 3 nitrogen and oxygen atoms in total. The molecule has 0 radical (unpaired) electrons. The van der Waals surface area contributed by atoms with Crippen LogP contribution < -0.4 is 4.90 Å². The molecule has 120 valence electrons. The van der Waals surface area contributed by atoms with Crippen LogP contribution in [0, 0.1) is 13.8 Å². The highest BCUT2D eigenvalue weighted by Gasteiger charge is 2.23. The van der Waals surface area contributed by atoms with E-state index in [0.29, 0.717) is 0 Å². The Bertz CT molecular complexity index is 704. The first-order valence-corrected chi connectivity index (χ1v) is 8.71. The molecule has 4 heteroatoms. The van der Waals surface area contributed by atoms with Gasteiger partial charge in [-0.05, 0) is 55.3 Å². The van der Waals surface area contributed by atoms with Crippen LogP contribution in [0.1, 0.15) is 21.5 Å². The second-order valence-electron chi connectivity index (χ2n) is 6.08. The highest BCUT2D eigenvalue weighted by atomic mass is 79.9. The molecular weight excluding hydrogens is 352 g/mol. The third-order valence-electron chi connectivity index (χ3n) is 4.36. The smallest absolute Gasteiger partial charge is 0.253 e. The zero-order valence-electron chi connectivity index (χ0n) is 13.6. The molecule has 0 atom stereocenters. The van der Waals surface area contributed by atoms with Gasteiger partial charge in [-0.3, -0.25) is 4.79 Å². The lowest BCUT2D eigenvalue weighted by atomic mass is 10.1. The minimum absolute atomic E-state index is 0.123. The summed E-state index contributed by atoms with van der Waals surface area (Å²) in [5.41, 5.74) is 4.62. The zero-order chi connectivity index (χ0) is 16.4. The lowest BCUT2D eigenvalue weighted by Gasteiger charge is -2.37. The van der Waals surface area contributed by atoms with E-state index in [9.17, 15) is 4.79 Å². The van der Waals surface area contributed by atoms with E-state index in [-0.39, 0.29) is 5.91 Å². The number of hydrogen-bond acceptors (Lipinski definition) is 2. The maximum absolute atomic E-state index is 12.6. The summed E-state index contributed by atoms with van der Waals surface area (Å²) in [7, 11) is 0. The molecule has 0 aliphatic carbocycles. The molecule has 1 aliphatic rings. The minimum Gasteiger partial charge on any atom is -0.368 e. The molecule has 0 aromatic heterocycles. The van der Waals surface area contributed by atoms with Crippen molar-refractivity contribution in [1.82, 2.24) is 4.90 Å². The van der Waals surface area contributed by atoms with Gasteiger partial charge in [0, 0.05) is 41.9 Å². The van der Waals surface area contributed by atoms with Gasteiger partial charge in [0.2, 0.25) is 0 Å². The first-order chi connectivity index (χ1) is 11.0. The number of rotatable bonds is 2. The van der Waals surface area contributed by atoms with Gasteiger partial charge in [0.25, 0.3) is 5.91 Å². The van der Waals surface area contributed by atoms with Gasteiger partial charge in [-0.25, -0.2) is 0 Å². The molecule has 0 N–H and O–H groups in total. The van der Waals surface area contributed by atoms with Crippen LogP contribution in [-0.4, -0.2) is 37.0 Å². The van der Waals surface area contributed by atoms with Crippen LogP contribution in [0.5, 0.6) is 0 Å². The summed E-state index contributed by atoms with van der Waals surface area (Å²) in [6.45, 7) is 7.56. The molecule has 1 fully saturated rings. The number of benzene rings is 2. The van der Waals surface area contributed by atoms with E-state index in [4.69, 9.17) is 0 Å². The van der Waals surface area contributed by atoms with Crippen LogP contribution >= 0.6 is 15.9 Å². The van der Waals surface area contributed by atoms with Crippen LogP contribution in [0.25, 0.3) is 0 Å². The van der Waals surface area contributed by atoms with Crippen molar-refractivity contribution >= 4 is 27.5 Å². The molecule has 1 saturated heterocycles. The van der Waals surface area contributed by atoms with Crippen LogP contribution in [0.3, 0.4) is 0 Å². The molecular formula is C19H21BrN2O. The Morgan fingerprint density at radius 1 is 0.957 bits per heavy atom. The summed E-state index contributed by atoms with van der Waals surface area (Å²) in [5, 5.41) is 0. The number of amides is 1. The van der Waals surface area contributed by atoms with Crippen molar-refractivity contribution < 1.29 is 4.79 Å². The van der Waals surface area contributed by atoms with Crippen molar-refractivity contribution in [3.63, 3.8) is 0 Å². The third-order valence-corrected chi connectivity index (χ3v) is 4.89. The van der Waals surface area contributed by atoms with Gasteiger partial charge in [0.15, 0.2) is 0 Å². The summed E-state index contributed by atoms with van der Waals surface area (Å²) in [4.78, 5) is 16.9. The fraction of sp³-hybridized carbons (Fsp3) is 0.316. The Labute approximate surface area is 146 Å². The summed E-state index contributed by atoms with van der Waals surface area (Å²) >= 11 is 3.41. The molecule has 2 aromatic carbocycles. The summed E-state index contributed by atoms with van der Waals surface area (Å²) in [6, 6.07) is 14.1. The molecule has 1 aliphatic heterocycles. The number of hydrogen-bond donors (Lipinski definition) is 0. The first kappa shape index (κ1) is 16.1. The topological polar surface area (TPSA) is 23.6 Å². The van der Waals surface area contributed by atoms with E-state index < -0.39 is 0 Å². The zero-order valence-corrected chi connectivity index (χ0v) is 15.1. The summed E-state index contributed by atoms with van der Waals surface area (Å²) < 4.78 is 0.994. The van der Waals surface area contributed by atoms with Crippen molar-refractivity contribution in [2.24, 2.45) is 0 Å². The number of carbonyl (C=O) groups is 1. The molecule has 1 heterocycles. The Kier molecular flexibility index (Phi) is 4.71. The van der Waals surface area contributed by atoms with Gasteiger partial charge in [0.05, 0.1) is 0 Å². The molecule has 1 amide bonds. The van der Waals surface area contributed by atoms with E-state index in [2.05, 4.69) is 52.9 Å². The van der Waals surface area contributed by atoms with Gasteiger partial charge >= 0.3 is 0 Å². The molecule has 3 rings (SSSR count). The predicted octanol–water partition coefficient (Wildman–Crippen LogP) is 4.03. The maximum atomic E-state index is 12.6. The lowest BCUT2D eigenvalue weighted by molar-refractivity contribution is 0.0747. The van der Waals surface area contributed by atoms with Crippen LogP contribution in [-0.2, 0) is 0 Å². The minimum atomic E-state index is 0.123. The number of piperazine rings is 1. The molecule has 0 bridgehead atoms. The molecule has 0 saturated carbocycles. The molecule has 2 aromatic rings. The Morgan fingerprint density at radius 3 is 2.26 bits per heavy atom. The van der Waals surface area contributed by atoms with Crippen molar-refractivity contribution in [2.75, 3.05) is 31.1 Å². The van der Waals surface area contributed by atoms with Gasteiger partial charge in [-0.2, -0.15) is 0 Å². The first-order valence-electron chi connectivity index (χ1n) is 7.91. The van der Waals surface area contributed by atoms with Gasteiger partial charge < -0.3 is 9.80 Å². The van der Waals surface area contributed by atoms with Crippen molar-refractivity contribution in [3.05, 3.63) is 63.6 Å². The SMILES string of the molecule is Cc1ccc(C)c(N2CCN(C(=O)c3ccc(Br)cc3)CC2)c1. The van der Waals surface area contributed by atoms with E-state index in [1.165, 1.54) is 16.8 Å². The Hall–Kier alpha value is -1.81. The quantitative estimate of drug-likeness (QED) is 0.794. The van der Waals surface area contributed by atoms with Crippen molar-refractivity contribution in [2.45, 2.75) is 13.8 Å². The average molecular weight is 373 g/mol. The largest absolute Gasteiger partial charge is 0.368 e. The number of carbonyl (C=O) groups excluding carboxylic acids is 1. The number of anilines is 1. The third kappa shape index (κ3) is 3.58. The van der Waals surface area contributed by atoms with E-state index in [0.717, 1.165) is 36.2 Å². The van der Waals surface area contributed by atoms with Crippen LogP contribution in [0.2, 0.25) is 0 Å². The number of halogens is 1. The highest BCUT2D eigenvalue weighted by Crippen LogP contribution is 2.23. The lowest BCUT2D eigenvalue weighted by Crippen LogP contribution is -2.49. The molecule has 0 unspecified atom stereocenters. The summed E-state index contributed by atoms with van der Waals surface area (Å²) in [6.07, 6.45) is 0. The van der Waals surface area contributed by atoms with Crippen LogP contribution in [0.4, 0.5) is 5.69 Å². The molecule has 23 heavy (non-hydrogen) atoms. The summed E-state index contributed by atoms with van der Waals surface area (Å²) in [5.74, 6) is 0.123.